The van der Waals surface area contributed by atoms with E-state index in [1.807, 2.05) is 17.9 Å². The molecule has 3 nitrogen and oxygen atoms in total. The molecule has 0 aliphatic carbocycles. The van der Waals surface area contributed by atoms with Gasteiger partial charge in [-0.3, -0.25) is 4.68 Å². The molecule has 1 aromatic rings. The Morgan fingerprint density at radius 3 is 2.56 bits per heavy atom. The topological polar surface area (TPSA) is 29.9 Å². The lowest BCUT2D eigenvalue weighted by Crippen LogP contribution is -2.41. The minimum atomic E-state index is 0.322. The first kappa shape index (κ1) is 13.2. The second-order valence-electron chi connectivity index (χ2n) is 5.09. The third-order valence-electron chi connectivity index (χ3n) is 3.65. The smallest absolute Gasteiger partial charge is 0.0522 e. The van der Waals surface area contributed by atoms with E-state index in [4.69, 9.17) is 0 Å². The number of aromatic nitrogens is 2. The molecule has 1 atom stereocenters. The summed E-state index contributed by atoms with van der Waals surface area (Å²) in [5.41, 5.74) is 1.64. The van der Waals surface area contributed by atoms with E-state index in [0.29, 0.717) is 11.5 Å². The predicted molar refractivity (Wildman–Crippen MR) is 68.5 cm³/mol. The standard InChI is InChI=1S/C13H25N3/c1-6-13(3,4)12(14-5)8-11-9-15-16(7-2)10-11/h9-10,12,14H,6-8H2,1-5H3. The fourth-order valence-corrected chi connectivity index (χ4v) is 1.94. The van der Waals surface area contributed by atoms with Crippen molar-refractivity contribution in [1.82, 2.24) is 15.1 Å². The molecule has 1 aromatic heterocycles. The van der Waals surface area contributed by atoms with Gasteiger partial charge < -0.3 is 5.32 Å². The minimum absolute atomic E-state index is 0.322. The van der Waals surface area contributed by atoms with Crippen LogP contribution in [0.15, 0.2) is 12.4 Å². The van der Waals surface area contributed by atoms with Crippen molar-refractivity contribution in [3.05, 3.63) is 18.0 Å². The molecule has 0 radical (unpaired) electrons. The van der Waals surface area contributed by atoms with Crippen LogP contribution in [0.25, 0.3) is 0 Å². The van der Waals surface area contributed by atoms with Gasteiger partial charge in [-0.1, -0.05) is 20.8 Å². The van der Waals surface area contributed by atoms with Crippen molar-refractivity contribution < 1.29 is 0 Å². The summed E-state index contributed by atoms with van der Waals surface area (Å²) in [7, 11) is 2.05. The van der Waals surface area contributed by atoms with Gasteiger partial charge in [0.25, 0.3) is 0 Å². The number of nitrogens with zero attached hydrogens (tertiary/aromatic N) is 2. The van der Waals surface area contributed by atoms with Crippen LogP contribution in [0.1, 0.15) is 39.7 Å². The van der Waals surface area contributed by atoms with E-state index in [2.05, 4.69) is 44.3 Å². The Morgan fingerprint density at radius 1 is 1.44 bits per heavy atom. The normalized spacial score (nSPS) is 14.1. The molecule has 0 amide bonds. The summed E-state index contributed by atoms with van der Waals surface area (Å²) in [6.45, 7) is 9.94. The first-order valence-electron chi connectivity index (χ1n) is 6.22. The van der Waals surface area contributed by atoms with Crippen LogP contribution < -0.4 is 5.32 Å². The Kier molecular flexibility index (Phi) is 4.54. The van der Waals surface area contributed by atoms with Crippen LogP contribution in [0.2, 0.25) is 0 Å². The molecule has 0 saturated carbocycles. The lowest BCUT2D eigenvalue weighted by molar-refractivity contribution is 0.240. The van der Waals surface area contributed by atoms with E-state index in [9.17, 15) is 0 Å². The quantitative estimate of drug-likeness (QED) is 0.803. The lowest BCUT2D eigenvalue weighted by atomic mass is 9.79. The van der Waals surface area contributed by atoms with Crippen molar-refractivity contribution in [3.63, 3.8) is 0 Å². The summed E-state index contributed by atoms with van der Waals surface area (Å²) in [4.78, 5) is 0. The Balaban J connectivity index is 2.70. The molecule has 0 bridgehead atoms. The zero-order valence-corrected chi connectivity index (χ0v) is 11.2. The second-order valence-corrected chi connectivity index (χ2v) is 5.09. The molecule has 0 spiro atoms. The molecule has 16 heavy (non-hydrogen) atoms. The van der Waals surface area contributed by atoms with Crippen LogP contribution in [0.3, 0.4) is 0 Å². The summed E-state index contributed by atoms with van der Waals surface area (Å²) in [5.74, 6) is 0. The Labute approximate surface area is 99.2 Å². The molecule has 1 rings (SSSR count). The SMILES string of the molecule is CCn1cc(CC(NC)C(C)(C)CC)cn1. The van der Waals surface area contributed by atoms with Gasteiger partial charge in [-0.2, -0.15) is 5.10 Å². The maximum atomic E-state index is 4.32. The lowest BCUT2D eigenvalue weighted by Gasteiger charge is -2.33. The molecule has 1 N–H and O–H groups in total. The molecule has 0 fully saturated rings. The summed E-state index contributed by atoms with van der Waals surface area (Å²) < 4.78 is 1.99. The number of aryl methyl sites for hydroxylation is 1. The van der Waals surface area contributed by atoms with Crippen molar-refractivity contribution in [2.75, 3.05) is 7.05 Å². The van der Waals surface area contributed by atoms with Gasteiger partial charge in [0.1, 0.15) is 0 Å². The van der Waals surface area contributed by atoms with Crippen LogP contribution in [0.4, 0.5) is 0 Å². The molecular weight excluding hydrogens is 198 g/mol. The third kappa shape index (κ3) is 3.08. The summed E-state index contributed by atoms with van der Waals surface area (Å²) in [5, 5.41) is 7.75. The Hall–Kier alpha value is -0.830. The number of rotatable bonds is 6. The van der Waals surface area contributed by atoms with Crippen LogP contribution in [-0.4, -0.2) is 22.9 Å². The fourth-order valence-electron chi connectivity index (χ4n) is 1.94. The van der Waals surface area contributed by atoms with Crippen LogP contribution in [0, 0.1) is 5.41 Å². The maximum absolute atomic E-state index is 4.32. The first-order valence-corrected chi connectivity index (χ1v) is 6.22. The summed E-state index contributed by atoms with van der Waals surface area (Å²) in [6, 6.07) is 0.506. The van der Waals surface area contributed by atoms with Crippen LogP contribution in [-0.2, 0) is 13.0 Å². The van der Waals surface area contributed by atoms with E-state index >= 15 is 0 Å². The van der Waals surface area contributed by atoms with Crippen molar-refractivity contribution in [3.8, 4) is 0 Å². The zero-order valence-electron chi connectivity index (χ0n) is 11.2. The number of nitrogens with one attached hydrogen (secondary N) is 1. The summed E-state index contributed by atoms with van der Waals surface area (Å²) >= 11 is 0. The first-order chi connectivity index (χ1) is 7.53. The largest absolute Gasteiger partial charge is 0.316 e. The summed E-state index contributed by atoms with van der Waals surface area (Å²) in [6.07, 6.45) is 6.37. The van der Waals surface area contributed by atoms with Gasteiger partial charge in [-0.15, -0.1) is 0 Å². The molecular formula is C13H25N3. The number of hydrogen-bond acceptors (Lipinski definition) is 2. The van der Waals surface area contributed by atoms with Gasteiger partial charge in [-0.25, -0.2) is 0 Å². The highest BCUT2D eigenvalue weighted by Crippen LogP contribution is 2.26. The van der Waals surface area contributed by atoms with Gasteiger partial charge in [0.15, 0.2) is 0 Å². The van der Waals surface area contributed by atoms with E-state index in [-0.39, 0.29) is 0 Å². The van der Waals surface area contributed by atoms with Gasteiger partial charge in [0, 0.05) is 18.8 Å². The van der Waals surface area contributed by atoms with Gasteiger partial charge >= 0.3 is 0 Å². The highest BCUT2D eigenvalue weighted by Gasteiger charge is 2.26. The number of likely N-dealkylation sites (N-methyl/N-ethyl adjacent to an activating group) is 1. The van der Waals surface area contributed by atoms with Gasteiger partial charge in [0.2, 0.25) is 0 Å². The van der Waals surface area contributed by atoms with E-state index < -0.39 is 0 Å². The van der Waals surface area contributed by atoms with Crippen molar-refractivity contribution in [2.45, 2.75) is 53.1 Å². The van der Waals surface area contributed by atoms with E-state index in [0.717, 1.165) is 13.0 Å². The average molecular weight is 223 g/mol. The Morgan fingerprint density at radius 2 is 2.12 bits per heavy atom. The minimum Gasteiger partial charge on any atom is -0.316 e. The predicted octanol–water partition coefficient (Wildman–Crippen LogP) is 2.47. The molecule has 92 valence electrons. The van der Waals surface area contributed by atoms with E-state index in [1.54, 1.807) is 0 Å². The van der Waals surface area contributed by atoms with Crippen LogP contribution in [0.5, 0.6) is 0 Å². The molecule has 0 saturated heterocycles. The fraction of sp³-hybridized carbons (Fsp3) is 0.769. The second kappa shape index (κ2) is 5.48. The van der Waals surface area contributed by atoms with E-state index in [1.165, 1.54) is 12.0 Å². The third-order valence-corrected chi connectivity index (χ3v) is 3.65. The van der Waals surface area contributed by atoms with Gasteiger partial charge in [0.05, 0.1) is 6.20 Å². The number of hydrogen-bond donors (Lipinski definition) is 1. The monoisotopic (exact) mass is 223 g/mol. The average Bonchev–Trinajstić information content (AvgIpc) is 2.73. The highest BCUT2D eigenvalue weighted by atomic mass is 15.3. The van der Waals surface area contributed by atoms with Crippen LogP contribution >= 0.6 is 0 Å². The molecule has 3 heteroatoms. The molecule has 1 heterocycles. The van der Waals surface area contributed by atoms with Gasteiger partial charge in [-0.05, 0) is 37.8 Å². The highest BCUT2D eigenvalue weighted by molar-refractivity contribution is 5.07. The maximum Gasteiger partial charge on any atom is 0.0522 e. The van der Waals surface area contributed by atoms with Crippen molar-refractivity contribution >= 4 is 0 Å². The molecule has 0 aromatic carbocycles. The Bertz CT molecular complexity index is 315. The van der Waals surface area contributed by atoms with Crippen molar-refractivity contribution in [1.29, 1.82) is 0 Å². The molecule has 0 aliphatic rings. The molecule has 1 unspecified atom stereocenters. The molecule has 0 aliphatic heterocycles. The van der Waals surface area contributed by atoms with Crippen molar-refractivity contribution in [2.24, 2.45) is 5.41 Å². The zero-order chi connectivity index (χ0) is 12.2.